The zero-order valence-corrected chi connectivity index (χ0v) is 15.6. The van der Waals surface area contributed by atoms with Crippen LogP contribution in [0.3, 0.4) is 0 Å². The Bertz CT molecular complexity index is 760. The van der Waals surface area contributed by atoms with E-state index < -0.39 is 5.82 Å². The number of benzene rings is 1. The number of thioether (sulfide) groups is 1. The fourth-order valence-electron chi connectivity index (χ4n) is 3.18. The van der Waals surface area contributed by atoms with E-state index in [2.05, 4.69) is 15.5 Å². The highest BCUT2D eigenvalue weighted by molar-refractivity contribution is 8.00. The third kappa shape index (κ3) is 4.35. The van der Waals surface area contributed by atoms with Gasteiger partial charge in [0.05, 0.1) is 10.8 Å². The van der Waals surface area contributed by atoms with Crippen molar-refractivity contribution in [2.24, 2.45) is 5.92 Å². The quantitative estimate of drug-likeness (QED) is 0.597. The Labute approximate surface area is 156 Å². The molecule has 1 saturated carbocycles. The number of amides is 1. The van der Waals surface area contributed by atoms with Crippen molar-refractivity contribution in [3.05, 3.63) is 30.1 Å². The SMILES string of the molecule is C[C@H](Sc1nnc(-c2ccccc2F)n1N)C(=O)NCC1CCCCC1. The van der Waals surface area contributed by atoms with Crippen LogP contribution in [0.4, 0.5) is 4.39 Å². The monoisotopic (exact) mass is 377 g/mol. The average Bonchev–Trinajstić information content (AvgIpc) is 3.01. The first-order valence-corrected chi connectivity index (χ1v) is 9.84. The molecule has 1 aromatic heterocycles. The molecule has 1 heterocycles. The van der Waals surface area contributed by atoms with Gasteiger partial charge in [-0.3, -0.25) is 4.79 Å². The highest BCUT2D eigenvalue weighted by atomic mass is 32.2. The van der Waals surface area contributed by atoms with E-state index in [0.717, 1.165) is 6.54 Å². The number of nitrogens with one attached hydrogen (secondary N) is 1. The van der Waals surface area contributed by atoms with Crippen LogP contribution in [0, 0.1) is 11.7 Å². The van der Waals surface area contributed by atoms with Crippen LogP contribution in [0.2, 0.25) is 0 Å². The lowest BCUT2D eigenvalue weighted by atomic mass is 9.89. The van der Waals surface area contributed by atoms with E-state index in [1.165, 1.54) is 54.6 Å². The van der Waals surface area contributed by atoms with E-state index >= 15 is 0 Å². The topological polar surface area (TPSA) is 85.8 Å². The number of nitrogen functional groups attached to an aromatic ring is 1. The molecule has 6 nitrogen and oxygen atoms in total. The highest BCUT2D eigenvalue weighted by Gasteiger charge is 2.22. The van der Waals surface area contributed by atoms with Crippen LogP contribution in [0.1, 0.15) is 39.0 Å². The number of rotatable bonds is 6. The summed E-state index contributed by atoms with van der Waals surface area (Å²) in [5.41, 5.74) is 0.281. The molecule has 0 aliphatic heterocycles. The van der Waals surface area contributed by atoms with Gasteiger partial charge in [-0.1, -0.05) is 43.2 Å². The second-order valence-corrected chi connectivity index (χ2v) is 7.97. The first-order valence-electron chi connectivity index (χ1n) is 8.96. The second kappa shape index (κ2) is 8.53. The van der Waals surface area contributed by atoms with E-state index in [1.54, 1.807) is 25.1 Å². The molecular formula is C18H24FN5OS. The Morgan fingerprint density at radius 3 is 2.81 bits per heavy atom. The van der Waals surface area contributed by atoms with E-state index in [4.69, 9.17) is 5.84 Å². The average molecular weight is 377 g/mol. The van der Waals surface area contributed by atoms with Gasteiger partial charge in [0.25, 0.3) is 0 Å². The molecule has 1 amide bonds. The lowest BCUT2D eigenvalue weighted by Crippen LogP contribution is -2.35. The minimum atomic E-state index is -0.415. The Balaban J connectivity index is 1.60. The predicted octanol–water partition coefficient (Wildman–Crippen LogP) is 2.98. The number of aromatic nitrogens is 3. The molecule has 26 heavy (non-hydrogen) atoms. The van der Waals surface area contributed by atoms with E-state index in [1.807, 2.05) is 0 Å². The number of carbonyl (C=O) groups is 1. The summed E-state index contributed by atoms with van der Waals surface area (Å²) in [6.07, 6.45) is 6.17. The molecule has 0 unspecified atom stereocenters. The van der Waals surface area contributed by atoms with Crippen molar-refractivity contribution in [1.29, 1.82) is 0 Å². The van der Waals surface area contributed by atoms with Gasteiger partial charge in [0.2, 0.25) is 11.1 Å². The van der Waals surface area contributed by atoms with Crippen LogP contribution < -0.4 is 11.2 Å². The van der Waals surface area contributed by atoms with Crippen LogP contribution in [0.5, 0.6) is 0 Å². The minimum Gasteiger partial charge on any atom is -0.355 e. The van der Waals surface area contributed by atoms with Crippen LogP contribution in [0.15, 0.2) is 29.4 Å². The maximum atomic E-state index is 13.9. The normalized spacial score (nSPS) is 16.4. The molecule has 8 heteroatoms. The third-order valence-corrected chi connectivity index (χ3v) is 5.78. The summed E-state index contributed by atoms with van der Waals surface area (Å²) >= 11 is 1.22. The van der Waals surface area contributed by atoms with Crippen LogP contribution in [-0.2, 0) is 4.79 Å². The summed E-state index contributed by atoms with van der Waals surface area (Å²) in [6, 6.07) is 6.25. The van der Waals surface area contributed by atoms with Gasteiger partial charge in [0, 0.05) is 6.54 Å². The maximum Gasteiger partial charge on any atom is 0.233 e. The van der Waals surface area contributed by atoms with Crippen molar-refractivity contribution >= 4 is 17.7 Å². The van der Waals surface area contributed by atoms with Crippen LogP contribution >= 0.6 is 11.8 Å². The van der Waals surface area contributed by atoms with E-state index in [0.29, 0.717) is 11.1 Å². The molecule has 1 aliphatic carbocycles. The van der Waals surface area contributed by atoms with Gasteiger partial charge in [-0.25, -0.2) is 9.07 Å². The smallest absolute Gasteiger partial charge is 0.233 e. The van der Waals surface area contributed by atoms with Gasteiger partial charge in [0.15, 0.2) is 5.82 Å². The van der Waals surface area contributed by atoms with Gasteiger partial charge < -0.3 is 11.2 Å². The number of carbonyl (C=O) groups excluding carboxylic acids is 1. The molecule has 1 aromatic carbocycles. The minimum absolute atomic E-state index is 0.0454. The zero-order chi connectivity index (χ0) is 18.5. The molecular weight excluding hydrogens is 353 g/mol. The van der Waals surface area contributed by atoms with Gasteiger partial charge >= 0.3 is 0 Å². The standard InChI is InChI=1S/C18H24FN5OS/c1-12(17(25)21-11-13-7-3-2-4-8-13)26-18-23-22-16(24(18)20)14-9-5-6-10-15(14)19/h5-6,9-10,12-13H,2-4,7-8,11,20H2,1H3,(H,21,25)/t12-/m0/s1. The molecule has 1 fully saturated rings. The van der Waals surface area contributed by atoms with Gasteiger partial charge in [-0.2, -0.15) is 0 Å². The Morgan fingerprint density at radius 2 is 2.08 bits per heavy atom. The summed E-state index contributed by atoms with van der Waals surface area (Å²) in [4.78, 5) is 12.3. The summed E-state index contributed by atoms with van der Waals surface area (Å²) in [7, 11) is 0. The summed E-state index contributed by atoms with van der Waals surface area (Å²) < 4.78 is 15.2. The fourth-order valence-corrected chi connectivity index (χ4v) is 3.97. The largest absolute Gasteiger partial charge is 0.355 e. The molecule has 0 saturated heterocycles. The van der Waals surface area contributed by atoms with Crippen LogP contribution in [-0.4, -0.2) is 32.6 Å². The number of halogens is 1. The van der Waals surface area contributed by atoms with E-state index in [-0.39, 0.29) is 22.5 Å². The lowest BCUT2D eigenvalue weighted by Gasteiger charge is -2.22. The Kier molecular flexibility index (Phi) is 6.13. The first-order chi connectivity index (χ1) is 12.6. The van der Waals surface area contributed by atoms with Crippen molar-refractivity contribution in [3.63, 3.8) is 0 Å². The molecule has 1 atom stereocenters. The number of hydrogen-bond acceptors (Lipinski definition) is 5. The van der Waals surface area contributed by atoms with Gasteiger partial charge in [-0.05, 0) is 37.8 Å². The van der Waals surface area contributed by atoms with Crippen molar-refractivity contribution in [3.8, 4) is 11.4 Å². The van der Waals surface area contributed by atoms with Crippen molar-refractivity contribution in [2.45, 2.75) is 49.4 Å². The predicted molar refractivity (Wildman–Crippen MR) is 100 cm³/mol. The van der Waals surface area contributed by atoms with Crippen molar-refractivity contribution in [1.82, 2.24) is 20.2 Å². The number of hydrogen-bond donors (Lipinski definition) is 2. The summed E-state index contributed by atoms with van der Waals surface area (Å²) in [5.74, 6) is 6.37. The van der Waals surface area contributed by atoms with Gasteiger partial charge in [0.1, 0.15) is 5.82 Å². The molecule has 3 rings (SSSR count). The first kappa shape index (κ1) is 18.7. The van der Waals surface area contributed by atoms with Crippen molar-refractivity contribution in [2.75, 3.05) is 12.4 Å². The number of nitrogens with zero attached hydrogens (tertiary/aromatic N) is 3. The zero-order valence-electron chi connectivity index (χ0n) is 14.8. The molecule has 1 aliphatic rings. The van der Waals surface area contributed by atoms with Gasteiger partial charge in [-0.15, -0.1) is 10.2 Å². The Morgan fingerprint density at radius 1 is 1.35 bits per heavy atom. The molecule has 140 valence electrons. The van der Waals surface area contributed by atoms with E-state index in [9.17, 15) is 9.18 Å². The second-order valence-electron chi connectivity index (χ2n) is 6.67. The molecule has 2 aromatic rings. The third-order valence-electron chi connectivity index (χ3n) is 4.72. The summed E-state index contributed by atoms with van der Waals surface area (Å²) in [5, 5.41) is 11.0. The van der Waals surface area contributed by atoms with Crippen molar-refractivity contribution < 1.29 is 9.18 Å². The Hall–Kier alpha value is -2.09. The fraction of sp³-hybridized carbons (Fsp3) is 0.500. The lowest BCUT2D eigenvalue weighted by molar-refractivity contribution is -0.120. The molecule has 0 spiro atoms. The molecule has 3 N–H and O–H groups in total. The molecule has 0 bridgehead atoms. The molecule has 0 radical (unpaired) electrons. The maximum absolute atomic E-state index is 13.9. The summed E-state index contributed by atoms with van der Waals surface area (Å²) in [6.45, 7) is 2.53. The number of nitrogens with two attached hydrogens (primary N) is 1. The van der Waals surface area contributed by atoms with Crippen LogP contribution in [0.25, 0.3) is 11.4 Å². The highest BCUT2D eigenvalue weighted by Crippen LogP contribution is 2.26.